The quantitative estimate of drug-likeness (QED) is 0.392. The summed E-state index contributed by atoms with van der Waals surface area (Å²) in [6.45, 7) is 3.95. The summed E-state index contributed by atoms with van der Waals surface area (Å²) < 4.78 is 0. The van der Waals surface area contributed by atoms with E-state index in [0.29, 0.717) is 5.01 Å². The number of hydrogen-bond acceptors (Lipinski definition) is 3. The number of nitrogens with zero attached hydrogens (tertiary/aromatic N) is 2. The van der Waals surface area contributed by atoms with Gasteiger partial charge in [-0.3, -0.25) is 0 Å². The lowest BCUT2D eigenvalue weighted by atomic mass is 10.1. The Labute approximate surface area is 71.2 Å². The number of primary amides is 1. The van der Waals surface area contributed by atoms with Gasteiger partial charge in [0.05, 0.1) is 11.8 Å². The molecule has 12 heavy (non-hydrogen) atoms. The van der Waals surface area contributed by atoms with Crippen molar-refractivity contribution < 1.29 is 4.79 Å². The van der Waals surface area contributed by atoms with Crippen LogP contribution in [0.5, 0.6) is 0 Å². The summed E-state index contributed by atoms with van der Waals surface area (Å²) in [4.78, 5) is 20.5. The molecule has 5 heteroatoms. The third-order valence-corrected chi connectivity index (χ3v) is 1.33. The molecule has 0 saturated carbocycles. The fourth-order valence-corrected chi connectivity index (χ4v) is 0.826. The molecular weight excluding hydrogens is 158 g/mol. The molecule has 0 spiro atoms. The van der Waals surface area contributed by atoms with Crippen molar-refractivity contribution >= 4 is 6.03 Å². The first-order valence-electron chi connectivity index (χ1n) is 3.64. The Kier molecular flexibility index (Phi) is 4.67. The zero-order valence-electron chi connectivity index (χ0n) is 7.23. The lowest BCUT2D eigenvalue weighted by molar-refractivity contribution is 0.204. The summed E-state index contributed by atoms with van der Waals surface area (Å²) >= 11 is 0. The number of rotatable bonds is 4. The Hall–Kier alpha value is -1.39. The SMILES string of the molecule is C/C=C/[C@H](C)CN(N=O)C(N)=O. The highest BCUT2D eigenvalue weighted by Crippen LogP contribution is 2.01. The summed E-state index contributed by atoms with van der Waals surface area (Å²) in [7, 11) is 0. The minimum atomic E-state index is -0.818. The van der Waals surface area contributed by atoms with Gasteiger partial charge >= 0.3 is 6.03 Å². The van der Waals surface area contributed by atoms with Crippen molar-refractivity contribution in [1.29, 1.82) is 0 Å². The van der Waals surface area contributed by atoms with Crippen molar-refractivity contribution in [3.8, 4) is 0 Å². The number of nitrogens with two attached hydrogens (primary N) is 1. The van der Waals surface area contributed by atoms with Gasteiger partial charge in [0.25, 0.3) is 0 Å². The number of nitroso groups, excluding NO2 is 1. The Balaban J connectivity index is 4.02. The van der Waals surface area contributed by atoms with Crippen LogP contribution in [-0.4, -0.2) is 17.6 Å². The van der Waals surface area contributed by atoms with E-state index in [1.54, 1.807) is 0 Å². The zero-order valence-corrected chi connectivity index (χ0v) is 7.23. The van der Waals surface area contributed by atoms with E-state index in [1.807, 2.05) is 26.0 Å². The highest BCUT2D eigenvalue weighted by atomic mass is 16.3. The maximum absolute atomic E-state index is 10.5. The van der Waals surface area contributed by atoms with Crippen molar-refractivity contribution in [3.05, 3.63) is 17.1 Å². The van der Waals surface area contributed by atoms with Crippen LogP contribution in [0.25, 0.3) is 0 Å². The minimum Gasteiger partial charge on any atom is -0.350 e. The van der Waals surface area contributed by atoms with Crippen LogP contribution in [0.2, 0.25) is 0 Å². The molecule has 5 nitrogen and oxygen atoms in total. The highest BCUT2D eigenvalue weighted by molar-refractivity contribution is 5.71. The molecule has 0 aliphatic rings. The van der Waals surface area contributed by atoms with Crippen LogP contribution in [0.4, 0.5) is 4.79 Å². The fraction of sp³-hybridized carbons (Fsp3) is 0.571. The summed E-state index contributed by atoms with van der Waals surface area (Å²) in [5.74, 6) is 0.0835. The van der Waals surface area contributed by atoms with Crippen LogP contribution in [0.1, 0.15) is 13.8 Å². The second-order valence-corrected chi connectivity index (χ2v) is 2.51. The number of urea groups is 1. The molecule has 0 fully saturated rings. The van der Waals surface area contributed by atoms with Gasteiger partial charge in [-0.25, -0.2) is 4.79 Å². The van der Waals surface area contributed by atoms with E-state index < -0.39 is 6.03 Å². The number of carbonyl (C=O) groups is 1. The van der Waals surface area contributed by atoms with Crippen LogP contribution in [0.3, 0.4) is 0 Å². The van der Waals surface area contributed by atoms with Crippen molar-refractivity contribution in [2.45, 2.75) is 13.8 Å². The second-order valence-electron chi connectivity index (χ2n) is 2.51. The van der Waals surface area contributed by atoms with Crippen molar-refractivity contribution in [1.82, 2.24) is 5.01 Å². The molecule has 0 rings (SSSR count). The molecule has 2 amide bonds. The molecule has 2 N–H and O–H groups in total. The first kappa shape index (κ1) is 10.6. The molecule has 0 aromatic heterocycles. The van der Waals surface area contributed by atoms with Crippen molar-refractivity contribution in [3.63, 3.8) is 0 Å². The Morgan fingerprint density at radius 2 is 2.33 bits per heavy atom. The smallest absolute Gasteiger partial charge is 0.337 e. The summed E-state index contributed by atoms with van der Waals surface area (Å²) in [5.41, 5.74) is 4.86. The number of allylic oxidation sites excluding steroid dienone is 1. The largest absolute Gasteiger partial charge is 0.350 e. The van der Waals surface area contributed by atoms with Gasteiger partial charge in [0.1, 0.15) is 0 Å². The molecule has 68 valence electrons. The van der Waals surface area contributed by atoms with E-state index in [-0.39, 0.29) is 12.5 Å². The first-order chi connectivity index (χ1) is 5.61. The molecule has 0 unspecified atom stereocenters. The van der Waals surface area contributed by atoms with E-state index in [0.717, 1.165) is 0 Å². The predicted octanol–water partition coefficient (Wildman–Crippen LogP) is 1.26. The number of carbonyl (C=O) groups excluding carboxylic acids is 1. The predicted molar refractivity (Wildman–Crippen MR) is 46.1 cm³/mol. The molecule has 0 aliphatic heterocycles. The first-order valence-corrected chi connectivity index (χ1v) is 3.64. The van der Waals surface area contributed by atoms with Gasteiger partial charge in [-0.15, -0.1) is 4.91 Å². The molecule has 0 radical (unpaired) electrons. The third kappa shape index (κ3) is 3.70. The highest BCUT2D eigenvalue weighted by Gasteiger charge is 2.11. The standard InChI is InChI=1S/C7H13N3O2/c1-3-4-6(2)5-10(9-12)7(8)11/h3-4,6H,5H2,1-2H3,(H2,8,11)/b4-3+/t6-/m0/s1. The lowest BCUT2D eigenvalue weighted by Crippen LogP contribution is -2.33. The molecule has 0 aromatic rings. The monoisotopic (exact) mass is 171 g/mol. The summed E-state index contributed by atoms with van der Waals surface area (Å²) in [6.07, 6.45) is 3.70. The maximum atomic E-state index is 10.5. The second kappa shape index (κ2) is 5.29. The van der Waals surface area contributed by atoms with E-state index in [9.17, 15) is 9.70 Å². The van der Waals surface area contributed by atoms with Gasteiger partial charge in [0, 0.05) is 0 Å². The fourth-order valence-electron chi connectivity index (χ4n) is 0.826. The molecule has 0 saturated heterocycles. The van der Waals surface area contributed by atoms with Gasteiger partial charge < -0.3 is 5.73 Å². The molecule has 0 bridgehead atoms. The molecule has 1 atom stereocenters. The van der Waals surface area contributed by atoms with E-state index in [4.69, 9.17) is 5.73 Å². The molecule has 0 heterocycles. The lowest BCUT2D eigenvalue weighted by Gasteiger charge is -2.12. The Morgan fingerprint density at radius 3 is 2.67 bits per heavy atom. The topological polar surface area (TPSA) is 75.8 Å². The normalized spacial score (nSPS) is 12.8. The van der Waals surface area contributed by atoms with Crippen molar-refractivity contribution in [2.75, 3.05) is 6.54 Å². The van der Waals surface area contributed by atoms with Crippen LogP contribution in [0.15, 0.2) is 17.4 Å². The van der Waals surface area contributed by atoms with Crippen LogP contribution in [-0.2, 0) is 0 Å². The Morgan fingerprint density at radius 1 is 1.75 bits per heavy atom. The van der Waals surface area contributed by atoms with Gasteiger partial charge in [0.2, 0.25) is 0 Å². The minimum absolute atomic E-state index is 0.0835. The maximum Gasteiger partial charge on any atom is 0.337 e. The van der Waals surface area contributed by atoms with Crippen LogP contribution < -0.4 is 5.73 Å². The van der Waals surface area contributed by atoms with Crippen LogP contribution >= 0.6 is 0 Å². The summed E-state index contributed by atoms with van der Waals surface area (Å²) in [6, 6.07) is -0.818. The Bertz CT molecular complexity index is 191. The number of amides is 2. The molecular formula is C7H13N3O2. The van der Waals surface area contributed by atoms with Crippen LogP contribution in [0, 0.1) is 10.8 Å². The van der Waals surface area contributed by atoms with E-state index in [1.165, 1.54) is 0 Å². The number of hydrogen-bond donors (Lipinski definition) is 1. The average Bonchev–Trinajstić information content (AvgIpc) is 2.00. The van der Waals surface area contributed by atoms with Crippen molar-refractivity contribution in [2.24, 2.45) is 16.9 Å². The molecule has 0 aliphatic carbocycles. The van der Waals surface area contributed by atoms with Gasteiger partial charge in [-0.05, 0) is 12.8 Å². The third-order valence-electron chi connectivity index (χ3n) is 1.33. The van der Waals surface area contributed by atoms with E-state index in [2.05, 4.69) is 5.29 Å². The van der Waals surface area contributed by atoms with Gasteiger partial charge in [-0.1, -0.05) is 19.1 Å². The summed E-state index contributed by atoms with van der Waals surface area (Å²) in [5, 5.41) is 3.18. The molecule has 0 aromatic carbocycles. The van der Waals surface area contributed by atoms with Gasteiger partial charge in [-0.2, -0.15) is 5.01 Å². The van der Waals surface area contributed by atoms with E-state index >= 15 is 0 Å². The van der Waals surface area contributed by atoms with Gasteiger partial charge in [0.15, 0.2) is 0 Å². The zero-order chi connectivity index (χ0) is 9.56. The average molecular weight is 171 g/mol.